The molecule has 0 radical (unpaired) electrons. The minimum atomic E-state index is -1.57. The SMILES string of the molecule is OCc1ccc2nc(-c3ccc(F)c(F)c3F)oc2c1. The van der Waals surface area contributed by atoms with Crippen LogP contribution in [0, 0.1) is 17.5 Å². The zero-order valence-electron chi connectivity index (χ0n) is 10.0. The van der Waals surface area contributed by atoms with Crippen LogP contribution in [0.15, 0.2) is 34.7 Å². The van der Waals surface area contributed by atoms with Crippen LogP contribution in [0.25, 0.3) is 22.6 Å². The van der Waals surface area contributed by atoms with Gasteiger partial charge in [-0.1, -0.05) is 6.07 Å². The molecule has 3 rings (SSSR count). The summed E-state index contributed by atoms with van der Waals surface area (Å²) in [7, 11) is 0. The van der Waals surface area contributed by atoms with Crippen LogP contribution in [0.4, 0.5) is 13.2 Å². The molecule has 0 amide bonds. The molecule has 0 aliphatic rings. The summed E-state index contributed by atoms with van der Waals surface area (Å²) in [6.07, 6.45) is 0. The Morgan fingerprint density at radius 3 is 2.60 bits per heavy atom. The molecule has 0 bridgehead atoms. The smallest absolute Gasteiger partial charge is 0.230 e. The first kappa shape index (κ1) is 12.7. The lowest BCUT2D eigenvalue weighted by Crippen LogP contribution is -1.93. The van der Waals surface area contributed by atoms with Crippen LogP contribution in [0.5, 0.6) is 0 Å². The predicted octanol–water partition coefficient (Wildman–Crippen LogP) is 3.40. The van der Waals surface area contributed by atoms with Crippen LogP contribution in [0.3, 0.4) is 0 Å². The molecule has 1 N–H and O–H groups in total. The van der Waals surface area contributed by atoms with E-state index in [-0.39, 0.29) is 18.1 Å². The van der Waals surface area contributed by atoms with E-state index in [0.717, 1.165) is 12.1 Å². The monoisotopic (exact) mass is 279 g/mol. The normalized spacial score (nSPS) is 11.2. The second-order valence-electron chi connectivity index (χ2n) is 4.20. The molecule has 0 spiro atoms. The van der Waals surface area contributed by atoms with E-state index in [2.05, 4.69) is 4.98 Å². The molecule has 2 aromatic carbocycles. The van der Waals surface area contributed by atoms with Crippen molar-refractivity contribution >= 4 is 11.1 Å². The van der Waals surface area contributed by atoms with Gasteiger partial charge in [-0.05, 0) is 29.8 Å². The Kier molecular flexibility index (Phi) is 2.94. The lowest BCUT2D eigenvalue weighted by Gasteiger charge is -1.99. The number of aliphatic hydroxyl groups excluding tert-OH is 1. The van der Waals surface area contributed by atoms with Gasteiger partial charge in [0.1, 0.15) is 5.52 Å². The van der Waals surface area contributed by atoms with Gasteiger partial charge in [-0.2, -0.15) is 0 Å². The topological polar surface area (TPSA) is 46.3 Å². The highest BCUT2D eigenvalue weighted by atomic mass is 19.2. The number of aliphatic hydroxyl groups is 1. The molecule has 3 aromatic rings. The second-order valence-corrected chi connectivity index (χ2v) is 4.20. The molecule has 20 heavy (non-hydrogen) atoms. The van der Waals surface area contributed by atoms with Gasteiger partial charge >= 0.3 is 0 Å². The summed E-state index contributed by atoms with van der Waals surface area (Å²) < 4.78 is 45.1. The average Bonchev–Trinajstić information content (AvgIpc) is 2.87. The number of hydrogen-bond acceptors (Lipinski definition) is 3. The van der Waals surface area contributed by atoms with Crippen molar-refractivity contribution in [2.24, 2.45) is 0 Å². The van der Waals surface area contributed by atoms with Crippen molar-refractivity contribution in [1.29, 1.82) is 0 Å². The Morgan fingerprint density at radius 2 is 1.85 bits per heavy atom. The third-order valence-electron chi connectivity index (χ3n) is 2.90. The highest BCUT2D eigenvalue weighted by molar-refractivity contribution is 5.77. The standard InChI is InChI=1S/C14H8F3NO2/c15-9-3-2-8(12(16)13(9)17)14-18-10-4-1-7(6-19)5-11(10)20-14/h1-5,19H,6H2. The molecule has 1 aromatic heterocycles. The predicted molar refractivity (Wildman–Crippen MR) is 65.2 cm³/mol. The minimum absolute atomic E-state index is 0.147. The van der Waals surface area contributed by atoms with Crippen LogP contribution >= 0.6 is 0 Å². The van der Waals surface area contributed by atoms with Gasteiger partial charge in [0.15, 0.2) is 23.0 Å². The maximum Gasteiger partial charge on any atom is 0.230 e. The van der Waals surface area contributed by atoms with Crippen molar-refractivity contribution in [2.75, 3.05) is 0 Å². The molecule has 0 saturated carbocycles. The van der Waals surface area contributed by atoms with Crippen LogP contribution < -0.4 is 0 Å². The van der Waals surface area contributed by atoms with Crippen molar-refractivity contribution < 1.29 is 22.7 Å². The van der Waals surface area contributed by atoms with Crippen LogP contribution in [0.1, 0.15) is 5.56 Å². The van der Waals surface area contributed by atoms with Gasteiger partial charge in [0.05, 0.1) is 12.2 Å². The number of rotatable bonds is 2. The number of benzene rings is 2. The van der Waals surface area contributed by atoms with Crippen molar-refractivity contribution in [2.45, 2.75) is 6.61 Å². The van der Waals surface area contributed by atoms with Crippen molar-refractivity contribution in [3.05, 3.63) is 53.3 Å². The first-order valence-electron chi connectivity index (χ1n) is 5.74. The third-order valence-corrected chi connectivity index (χ3v) is 2.90. The van der Waals surface area contributed by atoms with Crippen molar-refractivity contribution in [1.82, 2.24) is 4.98 Å². The summed E-state index contributed by atoms with van der Waals surface area (Å²) >= 11 is 0. The lowest BCUT2D eigenvalue weighted by molar-refractivity contribution is 0.282. The average molecular weight is 279 g/mol. The maximum absolute atomic E-state index is 13.7. The summed E-state index contributed by atoms with van der Waals surface area (Å²) in [5.74, 6) is -4.34. The lowest BCUT2D eigenvalue weighted by atomic mass is 10.2. The number of nitrogens with zero attached hydrogens (tertiary/aromatic N) is 1. The van der Waals surface area contributed by atoms with E-state index in [0.29, 0.717) is 16.7 Å². The zero-order valence-corrected chi connectivity index (χ0v) is 10.0. The van der Waals surface area contributed by atoms with E-state index in [4.69, 9.17) is 9.52 Å². The minimum Gasteiger partial charge on any atom is -0.436 e. The van der Waals surface area contributed by atoms with Crippen LogP contribution in [0.2, 0.25) is 0 Å². The Bertz CT molecular complexity index is 798. The number of aromatic nitrogens is 1. The first-order valence-corrected chi connectivity index (χ1v) is 5.74. The Morgan fingerprint density at radius 1 is 1.05 bits per heavy atom. The summed E-state index contributed by atoms with van der Waals surface area (Å²) in [6.45, 7) is -0.175. The van der Waals surface area contributed by atoms with Gasteiger partial charge in [0, 0.05) is 0 Å². The molecule has 3 nitrogen and oxygen atoms in total. The molecule has 1 heterocycles. The van der Waals surface area contributed by atoms with Crippen LogP contribution in [-0.4, -0.2) is 10.1 Å². The maximum atomic E-state index is 13.7. The molecule has 0 unspecified atom stereocenters. The van der Waals surface area contributed by atoms with Crippen LogP contribution in [-0.2, 0) is 6.61 Å². The summed E-state index contributed by atoms with van der Waals surface area (Å²) in [5, 5.41) is 9.02. The zero-order chi connectivity index (χ0) is 14.3. The summed E-state index contributed by atoms with van der Waals surface area (Å²) in [6, 6.07) is 6.64. The first-order chi connectivity index (χ1) is 9.60. The highest BCUT2D eigenvalue weighted by Gasteiger charge is 2.18. The Balaban J connectivity index is 2.17. The fraction of sp³-hybridized carbons (Fsp3) is 0.0714. The Labute approximate surface area is 111 Å². The van der Waals surface area contributed by atoms with E-state index in [1.165, 1.54) is 0 Å². The summed E-state index contributed by atoms with van der Waals surface area (Å²) in [4.78, 5) is 4.01. The molecule has 0 saturated heterocycles. The van der Waals surface area contributed by atoms with Gasteiger partial charge in [-0.3, -0.25) is 0 Å². The fourth-order valence-electron chi connectivity index (χ4n) is 1.87. The fourth-order valence-corrected chi connectivity index (χ4v) is 1.87. The molecular formula is C14H8F3NO2. The van der Waals surface area contributed by atoms with E-state index >= 15 is 0 Å². The van der Waals surface area contributed by atoms with Crippen molar-refractivity contribution in [3.63, 3.8) is 0 Å². The molecule has 6 heteroatoms. The van der Waals surface area contributed by atoms with Gasteiger partial charge < -0.3 is 9.52 Å². The van der Waals surface area contributed by atoms with Gasteiger partial charge in [0.25, 0.3) is 0 Å². The molecule has 102 valence electrons. The third kappa shape index (κ3) is 1.94. The van der Waals surface area contributed by atoms with E-state index in [9.17, 15) is 13.2 Å². The molecule has 0 aliphatic heterocycles. The van der Waals surface area contributed by atoms with Gasteiger partial charge in [-0.25, -0.2) is 18.2 Å². The highest BCUT2D eigenvalue weighted by Crippen LogP contribution is 2.28. The quantitative estimate of drug-likeness (QED) is 0.731. The second kappa shape index (κ2) is 4.64. The van der Waals surface area contributed by atoms with E-state index in [1.54, 1.807) is 18.2 Å². The molecule has 0 fully saturated rings. The van der Waals surface area contributed by atoms with Crippen molar-refractivity contribution in [3.8, 4) is 11.5 Å². The number of hydrogen-bond donors (Lipinski definition) is 1. The molecule has 0 atom stereocenters. The number of oxazole rings is 1. The van der Waals surface area contributed by atoms with E-state index in [1.807, 2.05) is 0 Å². The van der Waals surface area contributed by atoms with Gasteiger partial charge in [0.2, 0.25) is 5.89 Å². The summed E-state index contributed by atoms with van der Waals surface area (Å²) in [5.41, 5.74) is 1.11. The number of halogens is 3. The largest absolute Gasteiger partial charge is 0.436 e. The Hall–Kier alpha value is -2.34. The molecular weight excluding hydrogens is 271 g/mol. The number of fused-ring (bicyclic) bond motifs is 1. The van der Waals surface area contributed by atoms with Gasteiger partial charge in [-0.15, -0.1) is 0 Å². The molecule has 0 aliphatic carbocycles. The van der Waals surface area contributed by atoms with E-state index < -0.39 is 17.5 Å².